The standard InChI is InChI=1S/C17H21N5O2S/c1-16(23)8-22(5-6-24-9-16)14-11-12-10(7-18-21-12)17(3-4-17)13(11)19-15(20-14)25-2/h7,23H,3-6,8-9H2,1-2H3,(H,18,21)/t16-/m0/s1. The van der Waals surface area contributed by atoms with Gasteiger partial charge in [-0.3, -0.25) is 5.10 Å². The van der Waals surface area contributed by atoms with E-state index in [-0.39, 0.29) is 5.41 Å². The second kappa shape index (κ2) is 5.18. The van der Waals surface area contributed by atoms with Gasteiger partial charge in [-0.1, -0.05) is 11.8 Å². The van der Waals surface area contributed by atoms with Crippen LogP contribution in [0.25, 0.3) is 11.3 Å². The second-order valence-electron chi connectivity index (χ2n) is 7.47. The Morgan fingerprint density at radius 1 is 1.36 bits per heavy atom. The second-order valence-corrected chi connectivity index (χ2v) is 8.24. The smallest absolute Gasteiger partial charge is 0.189 e. The summed E-state index contributed by atoms with van der Waals surface area (Å²) < 4.78 is 5.58. The number of aromatic amines is 1. The van der Waals surface area contributed by atoms with Gasteiger partial charge in [-0.15, -0.1) is 0 Å². The molecule has 1 spiro atoms. The summed E-state index contributed by atoms with van der Waals surface area (Å²) in [7, 11) is 0. The number of H-pyrrole nitrogens is 1. The maximum Gasteiger partial charge on any atom is 0.189 e. The number of anilines is 1. The minimum absolute atomic E-state index is 0.0186. The molecular weight excluding hydrogens is 338 g/mol. The highest BCUT2D eigenvalue weighted by Crippen LogP contribution is 2.62. The van der Waals surface area contributed by atoms with Crippen LogP contribution in [0, 0.1) is 0 Å². The van der Waals surface area contributed by atoms with E-state index in [0.29, 0.717) is 26.3 Å². The Balaban J connectivity index is 1.70. The molecule has 8 heteroatoms. The molecule has 2 aromatic rings. The molecule has 2 N–H and O–H groups in total. The molecule has 1 atom stereocenters. The van der Waals surface area contributed by atoms with Gasteiger partial charge in [-0.25, -0.2) is 9.97 Å². The topological polar surface area (TPSA) is 87.2 Å². The van der Waals surface area contributed by atoms with Crippen molar-refractivity contribution in [3.05, 3.63) is 17.5 Å². The van der Waals surface area contributed by atoms with Gasteiger partial charge in [-0.05, 0) is 26.0 Å². The first kappa shape index (κ1) is 15.6. The summed E-state index contributed by atoms with van der Waals surface area (Å²) >= 11 is 1.56. The van der Waals surface area contributed by atoms with Crippen LogP contribution in [0.1, 0.15) is 31.0 Å². The van der Waals surface area contributed by atoms with Gasteiger partial charge in [0.05, 0.1) is 42.9 Å². The van der Waals surface area contributed by atoms with E-state index in [0.717, 1.165) is 40.8 Å². The third-order valence-corrected chi connectivity index (χ3v) is 5.96. The summed E-state index contributed by atoms with van der Waals surface area (Å²) in [5.74, 6) is 0.884. The Labute approximate surface area is 150 Å². The fourth-order valence-corrected chi connectivity index (χ4v) is 4.47. The normalized spacial score (nSPS) is 26.4. The van der Waals surface area contributed by atoms with Crippen LogP contribution in [0.5, 0.6) is 0 Å². The Morgan fingerprint density at radius 2 is 2.20 bits per heavy atom. The van der Waals surface area contributed by atoms with Crippen LogP contribution in [-0.4, -0.2) is 63.4 Å². The monoisotopic (exact) mass is 359 g/mol. The van der Waals surface area contributed by atoms with Gasteiger partial charge in [0.15, 0.2) is 5.16 Å². The number of aliphatic hydroxyl groups is 1. The average molecular weight is 359 g/mol. The average Bonchev–Trinajstić information content (AvgIpc) is 3.23. The zero-order valence-electron chi connectivity index (χ0n) is 14.4. The molecule has 25 heavy (non-hydrogen) atoms. The van der Waals surface area contributed by atoms with E-state index in [4.69, 9.17) is 14.7 Å². The van der Waals surface area contributed by atoms with E-state index in [1.165, 1.54) is 5.56 Å². The minimum atomic E-state index is -0.902. The van der Waals surface area contributed by atoms with Crippen molar-refractivity contribution in [3.8, 4) is 11.3 Å². The molecule has 1 aliphatic heterocycles. The zero-order chi connectivity index (χ0) is 17.2. The summed E-state index contributed by atoms with van der Waals surface area (Å²) in [5.41, 5.74) is 3.58. The van der Waals surface area contributed by atoms with Gasteiger partial charge in [0.2, 0.25) is 0 Å². The number of nitrogens with zero attached hydrogens (tertiary/aromatic N) is 4. The van der Waals surface area contributed by atoms with Gasteiger partial charge >= 0.3 is 0 Å². The van der Waals surface area contributed by atoms with E-state index in [1.807, 2.05) is 19.4 Å². The van der Waals surface area contributed by atoms with Crippen molar-refractivity contribution in [2.75, 3.05) is 37.5 Å². The number of fused-ring (bicyclic) bond motifs is 5. The first-order valence-corrected chi connectivity index (χ1v) is 9.82. The number of aromatic nitrogens is 4. The molecule has 2 aromatic heterocycles. The molecule has 3 heterocycles. The van der Waals surface area contributed by atoms with Crippen molar-refractivity contribution in [2.24, 2.45) is 0 Å². The maximum atomic E-state index is 10.6. The molecular formula is C17H21N5O2S. The maximum absolute atomic E-state index is 10.6. The van der Waals surface area contributed by atoms with Gasteiger partial charge in [0.25, 0.3) is 0 Å². The zero-order valence-corrected chi connectivity index (χ0v) is 15.2. The van der Waals surface area contributed by atoms with Crippen LogP contribution in [0.4, 0.5) is 5.82 Å². The van der Waals surface area contributed by atoms with Gasteiger partial charge in [-0.2, -0.15) is 5.10 Å². The quantitative estimate of drug-likeness (QED) is 0.622. The molecule has 0 amide bonds. The molecule has 0 bridgehead atoms. The number of thioether (sulfide) groups is 1. The van der Waals surface area contributed by atoms with Crippen molar-refractivity contribution >= 4 is 17.6 Å². The van der Waals surface area contributed by atoms with Crippen molar-refractivity contribution in [3.63, 3.8) is 0 Å². The number of β-amino-alcohol motifs (C(OH)–C–C–N with tert-alkyl or cyclic N) is 1. The Hall–Kier alpha value is -1.64. The van der Waals surface area contributed by atoms with Crippen LogP contribution in [0.3, 0.4) is 0 Å². The predicted molar refractivity (Wildman–Crippen MR) is 95.1 cm³/mol. The van der Waals surface area contributed by atoms with Crippen LogP contribution in [0.2, 0.25) is 0 Å². The highest BCUT2D eigenvalue weighted by Gasteiger charge is 2.56. The third kappa shape index (κ3) is 2.24. The fraction of sp³-hybridized carbons (Fsp3) is 0.588. The van der Waals surface area contributed by atoms with Crippen molar-refractivity contribution in [1.82, 2.24) is 20.2 Å². The van der Waals surface area contributed by atoms with Gasteiger partial charge in [0.1, 0.15) is 11.4 Å². The van der Waals surface area contributed by atoms with Gasteiger partial charge in [0, 0.05) is 17.5 Å². The largest absolute Gasteiger partial charge is 0.386 e. The molecule has 1 saturated carbocycles. The fourth-order valence-electron chi connectivity index (χ4n) is 4.11. The van der Waals surface area contributed by atoms with E-state index in [1.54, 1.807) is 11.8 Å². The van der Waals surface area contributed by atoms with E-state index >= 15 is 0 Å². The Bertz CT molecular complexity index is 846. The Kier molecular flexibility index (Phi) is 3.24. The third-order valence-electron chi connectivity index (χ3n) is 5.41. The number of hydrogen-bond donors (Lipinski definition) is 2. The molecule has 0 radical (unpaired) electrons. The molecule has 132 valence electrons. The predicted octanol–water partition coefficient (Wildman–Crippen LogP) is 1.57. The lowest BCUT2D eigenvalue weighted by atomic mass is 10.0. The number of nitrogens with one attached hydrogen (secondary N) is 1. The summed E-state index contributed by atoms with van der Waals surface area (Å²) in [6, 6.07) is 0. The summed E-state index contributed by atoms with van der Waals surface area (Å²) in [4.78, 5) is 11.8. The lowest BCUT2D eigenvalue weighted by Crippen LogP contribution is -2.42. The molecule has 1 saturated heterocycles. The molecule has 7 nitrogen and oxygen atoms in total. The lowest BCUT2D eigenvalue weighted by Gasteiger charge is -2.29. The first-order chi connectivity index (χ1) is 12.0. The summed E-state index contributed by atoms with van der Waals surface area (Å²) in [5, 5.41) is 18.8. The van der Waals surface area contributed by atoms with Crippen molar-refractivity contribution < 1.29 is 9.84 Å². The Morgan fingerprint density at radius 3 is 2.96 bits per heavy atom. The molecule has 2 fully saturated rings. The van der Waals surface area contributed by atoms with Crippen LogP contribution >= 0.6 is 11.8 Å². The summed E-state index contributed by atoms with van der Waals surface area (Å²) in [6.45, 7) is 3.91. The SMILES string of the molecule is CSc1nc(N2CCOC[C@@](C)(O)C2)c2c(n1)C1(CC1)c1cn[nH]c1-2. The first-order valence-electron chi connectivity index (χ1n) is 8.60. The highest BCUT2D eigenvalue weighted by molar-refractivity contribution is 7.98. The van der Waals surface area contributed by atoms with Crippen LogP contribution in [-0.2, 0) is 10.2 Å². The molecule has 3 aliphatic rings. The van der Waals surface area contributed by atoms with Crippen LogP contribution in [0.15, 0.2) is 11.4 Å². The highest BCUT2D eigenvalue weighted by atomic mass is 32.2. The number of ether oxygens (including phenoxy) is 1. The number of hydrogen-bond acceptors (Lipinski definition) is 7. The molecule has 2 aliphatic carbocycles. The van der Waals surface area contributed by atoms with E-state index in [9.17, 15) is 5.11 Å². The molecule has 0 unspecified atom stereocenters. The molecule has 5 rings (SSSR count). The van der Waals surface area contributed by atoms with Crippen molar-refractivity contribution in [2.45, 2.75) is 35.9 Å². The lowest BCUT2D eigenvalue weighted by molar-refractivity contribution is -0.0123. The van der Waals surface area contributed by atoms with Crippen molar-refractivity contribution in [1.29, 1.82) is 0 Å². The van der Waals surface area contributed by atoms with Gasteiger partial charge < -0.3 is 14.7 Å². The minimum Gasteiger partial charge on any atom is -0.386 e. The van der Waals surface area contributed by atoms with E-state index in [2.05, 4.69) is 15.1 Å². The van der Waals surface area contributed by atoms with E-state index < -0.39 is 5.60 Å². The molecule has 0 aromatic carbocycles. The van der Waals surface area contributed by atoms with Crippen LogP contribution < -0.4 is 4.90 Å². The summed E-state index contributed by atoms with van der Waals surface area (Å²) in [6.07, 6.45) is 6.16. The number of rotatable bonds is 2.